The van der Waals surface area contributed by atoms with Crippen LogP contribution in [0.3, 0.4) is 0 Å². The Morgan fingerprint density at radius 2 is 2.39 bits per heavy atom. The van der Waals surface area contributed by atoms with Crippen molar-refractivity contribution in [2.24, 2.45) is 0 Å². The zero-order valence-corrected chi connectivity index (χ0v) is 9.71. The highest BCUT2D eigenvalue weighted by molar-refractivity contribution is 5.90. The number of nitrogens with two attached hydrogens (primary N) is 1. The zero-order chi connectivity index (χ0) is 13.1. The van der Waals surface area contributed by atoms with Crippen LogP contribution in [0.2, 0.25) is 0 Å². The first-order valence-electron chi connectivity index (χ1n) is 5.66. The topological polar surface area (TPSA) is 91.5 Å². The molecule has 1 aromatic heterocycles. The Labute approximate surface area is 104 Å². The molecule has 0 aliphatic carbocycles. The van der Waals surface area contributed by atoms with E-state index in [2.05, 4.69) is 10.3 Å². The van der Waals surface area contributed by atoms with Crippen LogP contribution in [0.4, 0.5) is 20.6 Å². The van der Waals surface area contributed by atoms with Crippen LogP contribution in [-0.4, -0.2) is 41.5 Å². The van der Waals surface area contributed by atoms with Gasteiger partial charge in [0.05, 0.1) is 23.6 Å². The summed E-state index contributed by atoms with van der Waals surface area (Å²) in [7, 11) is 0. The Hall–Kier alpha value is -1.89. The minimum atomic E-state index is -1.14. The summed E-state index contributed by atoms with van der Waals surface area (Å²) in [5.41, 5.74) is 6.33. The number of nitrogen functional groups attached to an aromatic ring is 1. The number of pyridine rings is 1. The molecule has 0 saturated carbocycles. The van der Waals surface area contributed by atoms with Crippen LogP contribution in [0, 0.1) is 0 Å². The second-order valence-electron chi connectivity index (χ2n) is 4.23. The molecule has 1 fully saturated rings. The molecule has 1 amide bonds. The summed E-state index contributed by atoms with van der Waals surface area (Å²) in [6.07, 6.45) is 0.822. The third kappa shape index (κ3) is 2.51. The van der Waals surface area contributed by atoms with E-state index < -0.39 is 18.3 Å². The van der Waals surface area contributed by atoms with Crippen molar-refractivity contribution in [3.63, 3.8) is 0 Å². The van der Waals surface area contributed by atoms with E-state index in [-0.39, 0.29) is 18.7 Å². The Balaban J connectivity index is 2.28. The molecule has 4 N–H and O–H groups in total. The molecule has 0 aromatic carbocycles. The van der Waals surface area contributed by atoms with Gasteiger partial charge in [-0.1, -0.05) is 0 Å². The number of hydrogen-bond donors (Lipinski definition) is 3. The summed E-state index contributed by atoms with van der Waals surface area (Å²) in [6, 6.07) is 1.06. The maximum Gasteiger partial charge on any atom is 0.412 e. The van der Waals surface area contributed by atoms with Crippen LogP contribution in [-0.2, 0) is 0 Å². The molecule has 2 rings (SSSR count). The Morgan fingerprint density at radius 1 is 1.61 bits per heavy atom. The predicted molar refractivity (Wildman–Crippen MR) is 65.3 cm³/mol. The highest BCUT2D eigenvalue weighted by atomic mass is 19.1. The fraction of sp³-hybridized carbons (Fsp3) is 0.455. The van der Waals surface area contributed by atoms with Crippen molar-refractivity contribution in [3.05, 3.63) is 18.5 Å². The number of piperidine rings is 1. The molecule has 1 aliphatic rings. The van der Waals surface area contributed by atoms with Gasteiger partial charge in [0.2, 0.25) is 0 Å². The summed E-state index contributed by atoms with van der Waals surface area (Å²) >= 11 is 0. The molecule has 0 radical (unpaired) electrons. The van der Waals surface area contributed by atoms with Gasteiger partial charge in [-0.05, 0) is 6.07 Å². The number of amides is 1. The molecule has 98 valence electrons. The molecule has 6 nitrogen and oxygen atoms in total. The summed E-state index contributed by atoms with van der Waals surface area (Å²) in [5, 5.41) is 12.2. The molecular formula is C11H15FN4O2. The third-order valence-electron chi connectivity index (χ3n) is 2.93. The fourth-order valence-corrected chi connectivity index (χ4v) is 2.14. The number of nitrogens with one attached hydrogen (secondary N) is 1. The van der Waals surface area contributed by atoms with Crippen LogP contribution < -0.4 is 16.0 Å². The molecule has 2 atom stereocenters. The lowest BCUT2D eigenvalue weighted by molar-refractivity contribution is 0.189. The monoisotopic (exact) mass is 254 g/mol. The number of hydrogen-bond acceptors (Lipinski definition) is 4. The molecule has 1 saturated heterocycles. The van der Waals surface area contributed by atoms with Gasteiger partial charge in [-0.3, -0.25) is 9.88 Å². The first-order chi connectivity index (χ1) is 8.59. The first kappa shape index (κ1) is 12.6. The average molecular weight is 254 g/mol. The SMILES string of the molecule is Nc1cnccc1N(C(=O)O)[C@@H]1CNC[C@H](F)C1. The number of rotatable bonds is 2. The van der Waals surface area contributed by atoms with Crippen LogP contribution in [0.1, 0.15) is 6.42 Å². The predicted octanol–water partition coefficient (Wildman–Crippen LogP) is 0.848. The van der Waals surface area contributed by atoms with Crippen molar-refractivity contribution in [1.29, 1.82) is 0 Å². The van der Waals surface area contributed by atoms with E-state index in [9.17, 15) is 14.3 Å². The van der Waals surface area contributed by atoms with Crippen LogP contribution >= 0.6 is 0 Å². The van der Waals surface area contributed by atoms with Gasteiger partial charge in [-0.15, -0.1) is 0 Å². The van der Waals surface area contributed by atoms with E-state index in [1.165, 1.54) is 18.5 Å². The molecule has 1 aromatic rings. The largest absolute Gasteiger partial charge is 0.465 e. The number of halogens is 1. The quantitative estimate of drug-likeness (QED) is 0.727. The minimum absolute atomic E-state index is 0.168. The molecule has 2 heterocycles. The van der Waals surface area contributed by atoms with Crippen LogP contribution in [0.5, 0.6) is 0 Å². The summed E-state index contributed by atoms with van der Waals surface area (Å²) < 4.78 is 13.3. The molecule has 0 unspecified atom stereocenters. The lowest BCUT2D eigenvalue weighted by atomic mass is 10.0. The molecule has 7 heteroatoms. The number of nitrogens with zero attached hydrogens (tertiary/aromatic N) is 2. The van der Waals surface area contributed by atoms with Crippen molar-refractivity contribution >= 4 is 17.5 Å². The Morgan fingerprint density at radius 3 is 3.00 bits per heavy atom. The first-order valence-corrected chi connectivity index (χ1v) is 5.66. The van der Waals surface area contributed by atoms with Crippen molar-refractivity contribution in [2.75, 3.05) is 23.7 Å². The number of carbonyl (C=O) groups is 1. The highest BCUT2D eigenvalue weighted by Gasteiger charge is 2.31. The number of anilines is 2. The molecule has 0 spiro atoms. The van der Waals surface area contributed by atoms with Gasteiger partial charge in [0.25, 0.3) is 0 Å². The van der Waals surface area contributed by atoms with Crippen molar-refractivity contribution in [2.45, 2.75) is 18.6 Å². The maximum atomic E-state index is 13.3. The summed E-state index contributed by atoms with van der Waals surface area (Å²) in [5.74, 6) is 0. The Kier molecular flexibility index (Phi) is 3.61. The van der Waals surface area contributed by atoms with Gasteiger partial charge in [0.15, 0.2) is 0 Å². The number of aromatic nitrogens is 1. The smallest absolute Gasteiger partial charge is 0.412 e. The highest BCUT2D eigenvalue weighted by Crippen LogP contribution is 2.26. The van der Waals surface area contributed by atoms with Gasteiger partial charge in [-0.25, -0.2) is 9.18 Å². The fourth-order valence-electron chi connectivity index (χ4n) is 2.14. The second kappa shape index (κ2) is 5.18. The van der Waals surface area contributed by atoms with E-state index in [1.807, 2.05) is 0 Å². The van der Waals surface area contributed by atoms with E-state index in [4.69, 9.17) is 5.73 Å². The number of carboxylic acid groups (broad SMARTS) is 1. The lowest BCUT2D eigenvalue weighted by Crippen LogP contribution is -2.52. The lowest BCUT2D eigenvalue weighted by Gasteiger charge is -2.34. The van der Waals surface area contributed by atoms with Gasteiger partial charge in [0.1, 0.15) is 6.17 Å². The second-order valence-corrected chi connectivity index (χ2v) is 4.23. The van der Waals surface area contributed by atoms with E-state index in [0.717, 1.165) is 4.90 Å². The minimum Gasteiger partial charge on any atom is -0.465 e. The summed E-state index contributed by atoms with van der Waals surface area (Å²) in [4.78, 5) is 16.3. The summed E-state index contributed by atoms with van der Waals surface area (Å²) in [6.45, 7) is 0.671. The van der Waals surface area contributed by atoms with Crippen molar-refractivity contribution in [3.8, 4) is 0 Å². The van der Waals surface area contributed by atoms with Crippen LogP contribution in [0.25, 0.3) is 0 Å². The van der Waals surface area contributed by atoms with Crippen molar-refractivity contribution < 1.29 is 14.3 Å². The zero-order valence-electron chi connectivity index (χ0n) is 9.71. The molecule has 1 aliphatic heterocycles. The standard InChI is InChI=1S/C11H15FN4O2/c12-7-3-8(5-15-4-7)16(11(17)18)10-1-2-14-6-9(10)13/h1-2,6-8,15H,3-5,13H2,(H,17,18)/t7-,8+/m1/s1. The average Bonchev–Trinajstić information content (AvgIpc) is 2.32. The van der Waals surface area contributed by atoms with E-state index in [1.54, 1.807) is 0 Å². The maximum absolute atomic E-state index is 13.3. The van der Waals surface area contributed by atoms with E-state index >= 15 is 0 Å². The molecular weight excluding hydrogens is 239 g/mol. The third-order valence-corrected chi connectivity index (χ3v) is 2.93. The molecule has 0 bridgehead atoms. The van der Waals surface area contributed by atoms with Gasteiger partial charge in [0, 0.05) is 25.7 Å². The molecule has 18 heavy (non-hydrogen) atoms. The van der Waals surface area contributed by atoms with Gasteiger partial charge >= 0.3 is 6.09 Å². The van der Waals surface area contributed by atoms with Gasteiger partial charge in [-0.2, -0.15) is 0 Å². The van der Waals surface area contributed by atoms with E-state index in [0.29, 0.717) is 12.2 Å². The number of alkyl halides is 1. The van der Waals surface area contributed by atoms with Crippen LogP contribution in [0.15, 0.2) is 18.5 Å². The van der Waals surface area contributed by atoms with Gasteiger partial charge < -0.3 is 16.2 Å². The Bertz CT molecular complexity index is 443. The van der Waals surface area contributed by atoms with Crippen molar-refractivity contribution in [1.82, 2.24) is 10.3 Å². The normalized spacial score (nSPS) is 23.6.